The summed E-state index contributed by atoms with van der Waals surface area (Å²) < 4.78 is 8.63. The molecule has 30 heavy (non-hydrogen) atoms. The van der Waals surface area contributed by atoms with Crippen LogP contribution in [0.5, 0.6) is 0 Å². The molecule has 1 atom stereocenters. The highest BCUT2D eigenvalue weighted by Gasteiger charge is 2.25. The number of nitrogens with zero attached hydrogens (tertiary/aromatic N) is 3. The topological polar surface area (TPSA) is 82.1 Å². The molecule has 1 amide bonds. The fourth-order valence-corrected chi connectivity index (χ4v) is 4.23. The van der Waals surface area contributed by atoms with Gasteiger partial charge < -0.3 is 9.73 Å². The standard InChI is InChI=1S/C23H22N4O3/c1-15(26-20-11-5-6-13-21(20)30-23(26)29)22(28)24-14-18-17-10-7-12-19(17)27(25-18)16-8-3-2-4-9-16/h2-6,8-9,11,13,15H,7,10,12,14H2,1H3,(H,24,28). The molecule has 2 aromatic carbocycles. The summed E-state index contributed by atoms with van der Waals surface area (Å²) in [7, 11) is 0. The van der Waals surface area contributed by atoms with Crippen LogP contribution < -0.4 is 11.1 Å². The van der Waals surface area contributed by atoms with Crippen LogP contribution in [0.3, 0.4) is 0 Å². The van der Waals surface area contributed by atoms with Crippen LogP contribution in [0.25, 0.3) is 16.8 Å². The Balaban J connectivity index is 1.38. The van der Waals surface area contributed by atoms with Gasteiger partial charge >= 0.3 is 5.76 Å². The number of rotatable bonds is 5. The lowest BCUT2D eigenvalue weighted by atomic mass is 10.2. The number of hydrogen-bond donors (Lipinski definition) is 1. The fraction of sp³-hybridized carbons (Fsp3) is 0.261. The van der Waals surface area contributed by atoms with Crippen molar-refractivity contribution in [1.29, 1.82) is 0 Å². The summed E-state index contributed by atoms with van der Waals surface area (Å²) in [6.07, 6.45) is 3.04. The molecule has 0 spiro atoms. The van der Waals surface area contributed by atoms with Gasteiger partial charge in [0.15, 0.2) is 5.58 Å². The van der Waals surface area contributed by atoms with E-state index in [2.05, 4.69) is 5.32 Å². The van der Waals surface area contributed by atoms with E-state index in [-0.39, 0.29) is 5.91 Å². The molecule has 0 radical (unpaired) electrons. The van der Waals surface area contributed by atoms with Crippen LogP contribution in [0, 0.1) is 0 Å². The quantitative estimate of drug-likeness (QED) is 0.556. The molecule has 2 heterocycles. The predicted octanol–water partition coefficient (Wildman–Crippen LogP) is 3.15. The van der Waals surface area contributed by atoms with Crippen molar-refractivity contribution in [2.75, 3.05) is 0 Å². The van der Waals surface area contributed by atoms with E-state index in [0.29, 0.717) is 17.6 Å². The van der Waals surface area contributed by atoms with Crippen LogP contribution in [0.4, 0.5) is 0 Å². The second kappa shape index (κ2) is 7.33. The number of hydrogen-bond acceptors (Lipinski definition) is 4. The summed E-state index contributed by atoms with van der Waals surface area (Å²) in [6, 6.07) is 16.5. The third-order valence-corrected chi connectivity index (χ3v) is 5.73. The molecule has 1 aliphatic rings. The molecule has 0 saturated heterocycles. The zero-order valence-electron chi connectivity index (χ0n) is 16.7. The molecule has 5 rings (SSSR count). The highest BCUT2D eigenvalue weighted by molar-refractivity contribution is 5.82. The lowest BCUT2D eigenvalue weighted by molar-refractivity contribution is -0.124. The van der Waals surface area contributed by atoms with Crippen LogP contribution in [0.1, 0.15) is 36.3 Å². The van der Waals surface area contributed by atoms with Gasteiger partial charge in [0.1, 0.15) is 6.04 Å². The number of nitrogens with one attached hydrogen (secondary N) is 1. The maximum Gasteiger partial charge on any atom is 0.420 e. The van der Waals surface area contributed by atoms with Gasteiger partial charge in [0, 0.05) is 5.69 Å². The third-order valence-electron chi connectivity index (χ3n) is 5.73. The van der Waals surface area contributed by atoms with Crippen molar-refractivity contribution in [2.45, 2.75) is 38.8 Å². The number of fused-ring (bicyclic) bond motifs is 2. The van der Waals surface area contributed by atoms with Crippen molar-refractivity contribution >= 4 is 17.0 Å². The first kappa shape index (κ1) is 18.4. The van der Waals surface area contributed by atoms with E-state index in [9.17, 15) is 9.59 Å². The Morgan fingerprint density at radius 2 is 1.90 bits per heavy atom. The van der Waals surface area contributed by atoms with Crippen LogP contribution in [0.2, 0.25) is 0 Å². The maximum atomic E-state index is 12.8. The summed E-state index contributed by atoms with van der Waals surface area (Å²) in [4.78, 5) is 25.1. The number of aromatic nitrogens is 3. The van der Waals surface area contributed by atoms with Gasteiger partial charge in [-0.25, -0.2) is 9.48 Å². The Hall–Kier alpha value is -3.61. The van der Waals surface area contributed by atoms with E-state index in [1.165, 1.54) is 15.8 Å². The molecule has 0 fully saturated rings. The summed E-state index contributed by atoms with van der Waals surface area (Å²) >= 11 is 0. The van der Waals surface area contributed by atoms with Crippen molar-refractivity contribution < 1.29 is 9.21 Å². The van der Waals surface area contributed by atoms with Gasteiger partial charge in [-0.1, -0.05) is 30.3 Å². The van der Waals surface area contributed by atoms with Gasteiger partial charge in [0.25, 0.3) is 0 Å². The minimum absolute atomic E-state index is 0.246. The Labute approximate surface area is 172 Å². The second-order valence-electron chi connectivity index (χ2n) is 7.57. The average Bonchev–Trinajstić information content (AvgIpc) is 3.45. The summed E-state index contributed by atoms with van der Waals surface area (Å²) in [6.45, 7) is 2.03. The molecule has 1 N–H and O–H groups in total. The molecule has 7 heteroatoms. The van der Waals surface area contributed by atoms with Crippen LogP contribution in [-0.2, 0) is 24.2 Å². The molecule has 1 unspecified atom stereocenters. The van der Waals surface area contributed by atoms with Crippen molar-refractivity contribution in [1.82, 2.24) is 19.7 Å². The van der Waals surface area contributed by atoms with Gasteiger partial charge in [-0.15, -0.1) is 0 Å². The largest absolute Gasteiger partial charge is 0.420 e. The van der Waals surface area contributed by atoms with E-state index in [4.69, 9.17) is 9.52 Å². The molecule has 4 aromatic rings. The van der Waals surface area contributed by atoms with Crippen molar-refractivity contribution in [3.05, 3.63) is 82.1 Å². The van der Waals surface area contributed by atoms with Gasteiger partial charge in [-0.3, -0.25) is 9.36 Å². The third kappa shape index (κ3) is 3.03. The van der Waals surface area contributed by atoms with E-state index in [0.717, 1.165) is 30.6 Å². The number of oxazole rings is 1. The normalized spacial score (nSPS) is 14.0. The predicted molar refractivity (Wildman–Crippen MR) is 113 cm³/mol. The first-order valence-electron chi connectivity index (χ1n) is 10.2. The van der Waals surface area contributed by atoms with Crippen LogP contribution in [-0.4, -0.2) is 20.3 Å². The second-order valence-corrected chi connectivity index (χ2v) is 7.57. The zero-order chi connectivity index (χ0) is 20.7. The van der Waals surface area contributed by atoms with Gasteiger partial charge in [-0.2, -0.15) is 5.10 Å². The van der Waals surface area contributed by atoms with E-state index >= 15 is 0 Å². The minimum atomic E-state index is -0.689. The number of carbonyl (C=O) groups excluding carboxylic acids is 1. The van der Waals surface area contributed by atoms with Gasteiger partial charge in [0.05, 0.1) is 23.4 Å². The highest BCUT2D eigenvalue weighted by Crippen LogP contribution is 2.28. The van der Waals surface area contributed by atoms with Crippen molar-refractivity contribution in [3.63, 3.8) is 0 Å². The summed E-state index contributed by atoms with van der Waals surface area (Å²) in [5.74, 6) is -0.780. The van der Waals surface area contributed by atoms with Crippen molar-refractivity contribution in [2.24, 2.45) is 0 Å². The van der Waals surface area contributed by atoms with Gasteiger partial charge in [0.2, 0.25) is 5.91 Å². The Morgan fingerprint density at radius 1 is 1.13 bits per heavy atom. The van der Waals surface area contributed by atoms with E-state index in [1.54, 1.807) is 25.1 Å². The first-order chi connectivity index (χ1) is 14.6. The molecule has 152 valence electrons. The summed E-state index contributed by atoms with van der Waals surface area (Å²) in [5.41, 5.74) is 5.43. The highest BCUT2D eigenvalue weighted by atomic mass is 16.4. The lowest BCUT2D eigenvalue weighted by Crippen LogP contribution is -2.34. The number of benzene rings is 2. The van der Waals surface area contributed by atoms with Crippen molar-refractivity contribution in [3.8, 4) is 5.69 Å². The maximum absolute atomic E-state index is 12.8. The molecule has 0 saturated carbocycles. The monoisotopic (exact) mass is 402 g/mol. The van der Waals surface area contributed by atoms with Gasteiger partial charge in [-0.05, 0) is 56.0 Å². The zero-order valence-corrected chi connectivity index (χ0v) is 16.7. The Bertz CT molecular complexity index is 1280. The smallest absolute Gasteiger partial charge is 0.408 e. The molecule has 1 aliphatic carbocycles. The number of carbonyl (C=O) groups is 1. The lowest BCUT2D eigenvalue weighted by Gasteiger charge is -2.13. The molecular weight excluding hydrogens is 380 g/mol. The first-order valence-corrected chi connectivity index (χ1v) is 10.2. The summed E-state index contributed by atoms with van der Waals surface area (Å²) in [5, 5.41) is 7.74. The molecule has 2 aromatic heterocycles. The average molecular weight is 402 g/mol. The minimum Gasteiger partial charge on any atom is -0.408 e. The van der Waals surface area contributed by atoms with Crippen LogP contribution in [0.15, 0.2) is 63.8 Å². The Kier molecular flexibility index (Phi) is 4.50. The number of para-hydroxylation sites is 3. The van der Waals surface area contributed by atoms with E-state index < -0.39 is 11.8 Å². The SMILES string of the molecule is CC(C(=O)NCc1nn(-c2ccccc2)c2c1CCC2)n1c(=O)oc2ccccc21. The molecule has 0 bridgehead atoms. The molecular formula is C23H22N4O3. The fourth-order valence-electron chi connectivity index (χ4n) is 4.23. The molecule has 7 nitrogen and oxygen atoms in total. The number of amides is 1. The molecule has 0 aliphatic heterocycles. The Morgan fingerprint density at radius 3 is 2.73 bits per heavy atom. The van der Waals surface area contributed by atoms with Crippen LogP contribution >= 0.6 is 0 Å². The van der Waals surface area contributed by atoms with E-state index in [1.807, 2.05) is 41.1 Å².